The van der Waals surface area contributed by atoms with Crippen molar-refractivity contribution in [3.8, 4) is 0 Å². The summed E-state index contributed by atoms with van der Waals surface area (Å²) >= 11 is 0. The number of carboxylic acids is 1. The van der Waals surface area contributed by atoms with E-state index in [1.165, 1.54) is 0 Å². The Balaban J connectivity index is 4.93. The van der Waals surface area contributed by atoms with Crippen LogP contribution in [-0.4, -0.2) is 116 Å². The van der Waals surface area contributed by atoms with Crippen LogP contribution in [0.2, 0.25) is 0 Å². The zero-order chi connectivity index (χ0) is 32.8. The number of carboxylic acid groups (broad SMARTS) is 1. The molecular weight excluding hydrogens is 574 g/mol. The van der Waals surface area contributed by atoms with Gasteiger partial charge in [0.25, 0.3) is 0 Å². The molecule has 0 rings (SSSR count). The molecule has 0 unspecified atom stereocenters. The third-order valence-corrected chi connectivity index (χ3v) is 5.11. The van der Waals surface area contributed by atoms with Gasteiger partial charge in [-0.1, -0.05) is 0 Å². The predicted octanol–water partition coefficient (Wildman–Crippen LogP) is -7.43. The Labute approximate surface area is 246 Å². The van der Waals surface area contributed by atoms with E-state index in [9.17, 15) is 33.6 Å². The molecule has 17 N–H and O–H groups in total. The van der Waals surface area contributed by atoms with Gasteiger partial charge in [0.15, 0.2) is 11.9 Å². The average Bonchev–Trinajstić information content (AvgIpc) is 2.94. The predicted molar refractivity (Wildman–Crippen MR) is 152 cm³/mol. The molecule has 0 heterocycles. The summed E-state index contributed by atoms with van der Waals surface area (Å²) in [5.41, 5.74) is 26.3. The number of carbonyl (C=O) groups excluding carboxylic acids is 6. The largest absolute Gasteiger partial charge is 0.480 e. The van der Waals surface area contributed by atoms with Crippen LogP contribution in [0.25, 0.3) is 0 Å². The molecule has 0 radical (unpaired) electrons. The van der Waals surface area contributed by atoms with Crippen LogP contribution in [0.1, 0.15) is 25.7 Å². The number of hydrogen-bond donors (Lipinski definition) is 12. The number of amides is 6. The minimum atomic E-state index is -1.27. The van der Waals surface area contributed by atoms with Crippen molar-refractivity contribution in [2.45, 2.75) is 37.8 Å². The Kier molecular flexibility index (Phi) is 18.9. The van der Waals surface area contributed by atoms with Gasteiger partial charge in [-0.2, -0.15) is 0 Å². The zero-order valence-corrected chi connectivity index (χ0v) is 23.5. The lowest BCUT2D eigenvalue weighted by Crippen LogP contribution is -2.52. The van der Waals surface area contributed by atoms with Crippen LogP contribution in [-0.2, 0) is 33.6 Å². The fourth-order valence-electron chi connectivity index (χ4n) is 3.10. The summed E-state index contributed by atoms with van der Waals surface area (Å²) in [5.74, 6) is -5.91. The van der Waals surface area contributed by atoms with E-state index in [-0.39, 0.29) is 50.8 Å². The van der Waals surface area contributed by atoms with Crippen LogP contribution in [0.15, 0.2) is 9.98 Å². The smallest absolute Gasteiger partial charge is 0.322 e. The maximum Gasteiger partial charge on any atom is 0.322 e. The summed E-state index contributed by atoms with van der Waals surface area (Å²) in [6.45, 7) is -2.33. The van der Waals surface area contributed by atoms with Crippen molar-refractivity contribution in [2.24, 2.45) is 38.7 Å². The first kappa shape index (κ1) is 37.8. The highest BCUT2D eigenvalue weighted by atomic mass is 16.4. The lowest BCUT2D eigenvalue weighted by molar-refractivity contribution is -0.138. The maximum absolute atomic E-state index is 12.6. The van der Waals surface area contributed by atoms with Gasteiger partial charge in [0.1, 0.15) is 18.6 Å². The van der Waals surface area contributed by atoms with Gasteiger partial charge in [-0.3, -0.25) is 43.5 Å². The third-order valence-electron chi connectivity index (χ3n) is 5.11. The normalized spacial score (nSPS) is 11.5. The second kappa shape index (κ2) is 21.5. The maximum atomic E-state index is 12.6. The van der Waals surface area contributed by atoms with Crippen LogP contribution < -0.4 is 60.6 Å². The van der Waals surface area contributed by atoms with Crippen molar-refractivity contribution in [3.63, 3.8) is 0 Å². The zero-order valence-electron chi connectivity index (χ0n) is 23.5. The SMILES string of the molecule is NCC(=O)N[C@@H](CCCN=C(N)N)C(=O)NCC(=O)NCC(=O)N[C@@H](CCCN=C(N)N)C(=O)NCC(=O)NCC(=O)O. The van der Waals surface area contributed by atoms with E-state index < -0.39 is 79.7 Å². The quantitative estimate of drug-likeness (QED) is 0.0324. The van der Waals surface area contributed by atoms with E-state index in [0.717, 1.165) is 0 Å². The molecule has 0 aromatic carbocycles. The summed E-state index contributed by atoms with van der Waals surface area (Å²) < 4.78 is 0. The lowest BCUT2D eigenvalue weighted by Gasteiger charge is -2.19. The van der Waals surface area contributed by atoms with E-state index in [2.05, 4.69) is 41.9 Å². The number of aliphatic carboxylic acids is 1. The third kappa shape index (κ3) is 20.3. The Morgan fingerprint density at radius 1 is 0.581 bits per heavy atom. The fourth-order valence-corrected chi connectivity index (χ4v) is 3.10. The molecule has 0 aliphatic carbocycles. The van der Waals surface area contributed by atoms with Gasteiger partial charge < -0.3 is 65.7 Å². The van der Waals surface area contributed by atoms with E-state index >= 15 is 0 Å². The van der Waals surface area contributed by atoms with Crippen molar-refractivity contribution in [1.29, 1.82) is 0 Å². The molecule has 43 heavy (non-hydrogen) atoms. The Morgan fingerprint density at radius 3 is 1.37 bits per heavy atom. The molecule has 0 aromatic rings. The second-order valence-electron chi connectivity index (χ2n) is 8.72. The Hall–Kier alpha value is -5.21. The van der Waals surface area contributed by atoms with Gasteiger partial charge in [0.2, 0.25) is 35.4 Å². The highest BCUT2D eigenvalue weighted by molar-refractivity contribution is 5.94. The molecule has 0 fully saturated rings. The molecule has 21 heteroatoms. The first-order valence-corrected chi connectivity index (χ1v) is 12.9. The number of nitrogens with two attached hydrogens (primary N) is 5. The molecule has 242 valence electrons. The number of nitrogens with one attached hydrogen (secondary N) is 6. The van der Waals surface area contributed by atoms with Gasteiger partial charge in [-0.25, -0.2) is 0 Å². The van der Waals surface area contributed by atoms with Crippen LogP contribution in [0.4, 0.5) is 0 Å². The second-order valence-corrected chi connectivity index (χ2v) is 8.72. The number of guanidine groups is 2. The molecular formula is C22H41N13O8. The molecule has 0 spiro atoms. The average molecular weight is 616 g/mol. The molecule has 21 nitrogen and oxygen atoms in total. The number of hydrogen-bond acceptors (Lipinski definition) is 10. The standard InChI is InChI=1S/C22H41N13O8/c23-7-14(36)34-12(3-1-5-28-21(24)25)19(42)32-8-15(37)30-10-17(39)35-13(4-2-6-29-22(26)27)20(43)33-9-16(38)31-11-18(40)41/h12-13H,1-11,23H2,(H,30,37)(H,31,38)(H,32,42)(H,33,43)(H,34,36)(H,35,39)(H,40,41)(H4,24,25,28)(H4,26,27,29)/t12-,13-/m0/s1. The van der Waals surface area contributed by atoms with Gasteiger partial charge in [0, 0.05) is 13.1 Å². The van der Waals surface area contributed by atoms with Crippen molar-refractivity contribution in [1.82, 2.24) is 31.9 Å². The van der Waals surface area contributed by atoms with Gasteiger partial charge in [-0.15, -0.1) is 0 Å². The van der Waals surface area contributed by atoms with E-state index in [1.807, 2.05) is 0 Å². The first-order valence-electron chi connectivity index (χ1n) is 12.9. The Morgan fingerprint density at radius 2 is 0.977 bits per heavy atom. The summed E-state index contributed by atoms with van der Waals surface area (Å²) in [4.78, 5) is 91.1. The number of carbonyl (C=O) groups is 7. The lowest BCUT2D eigenvalue weighted by atomic mass is 10.1. The fraction of sp³-hybridized carbons (Fsp3) is 0.591. The van der Waals surface area contributed by atoms with E-state index in [0.29, 0.717) is 6.42 Å². The van der Waals surface area contributed by atoms with Gasteiger partial charge in [0.05, 0.1) is 26.2 Å². The minimum Gasteiger partial charge on any atom is -0.480 e. The van der Waals surface area contributed by atoms with Gasteiger partial charge in [-0.05, 0) is 25.7 Å². The van der Waals surface area contributed by atoms with Crippen molar-refractivity contribution in [3.05, 3.63) is 0 Å². The van der Waals surface area contributed by atoms with E-state index in [1.54, 1.807) is 0 Å². The van der Waals surface area contributed by atoms with Gasteiger partial charge >= 0.3 is 5.97 Å². The summed E-state index contributed by atoms with van der Waals surface area (Å²) in [6.07, 6.45) is 0.787. The van der Waals surface area contributed by atoms with Crippen LogP contribution in [0.3, 0.4) is 0 Å². The van der Waals surface area contributed by atoms with Crippen LogP contribution in [0, 0.1) is 0 Å². The highest BCUT2D eigenvalue weighted by Crippen LogP contribution is 2.00. The Bertz CT molecular complexity index is 1040. The topological polar surface area (TPSA) is 367 Å². The molecule has 0 aliphatic rings. The molecule has 0 saturated heterocycles. The van der Waals surface area contributed by atoms with Crippen molar-refractivity contribution in [2.75, 3.05) is 45.8 Å². The summed E-state index contributed by atoms with van der Waals surface area (Å²) in [6, 6.07) is -2.18. The van der Waals surface area contributed by atoms with Crippen LogP contribution in [0.5, 0.6) is 0 Å². The number of rotatable bonds is 21. The molecule has 0 bridgehead atoms. The highest BCUT2D eigenvalue weighted by Gasteiger charge is 2.23. The minimum absolute atomic E-state index is 0.0498. The van der Waals surface area contributed by atoms with Crippen LogP contribution >= 0.6 is 0 Å². The summed E-state index contributed by atoms with van der Waals surface area (Å²) in [5, 5.41) is 22.4. The molecule has 0 aromatic heterocycles. The summed E-state index contributed by atoms with van der Waals surface area (Å²) in [7, 11) is 0. The molecule has 0 saturated carbocycles. The van der Waals surface area contributed by atoms with Crippen molar-refractivity contribution < 1.29 is 38.7 Å². The van der Waals surface area contributed by atoms with E-state index in [4.69, 9.17) is 33.8 Å². The van der Waals surface area contributed by atoms with Crippen molar-refractivity contribution >= 4 is 53.3 Å². The molecule has 2 atom stereocenters. The molecule has 6 amide bonds. The first-order chi connectivity index (χ1) is 20.2. The number of nitrogens with zero attached hydrogens (tertiary/aromatic N) is 2. The molecule has 0 aliphatic heterocycles. The number of aliphatic imine (C=N–C) groups is 2. The monoisotopic (exact) mass is 615 g/mol.